The normalized spacial score (nSPS) is 16.0. The Bertz CT molecular complexity index is 980. The average molecular weight is 396 g/mol. The molecule has 8 heteroatoms. The van der Waals surface area contributed by atoms with Crippen molar-refractivity contribution in [2.24, 2.45) is 5.92 Å². The first-order valence-electron chi connectivity index (χ1n) is 9.09. The number of para-hydroxylation sites is 1. The molecule has 0 unspecified atom stereocenters. The topological polar surface area (TPSA) is 107 Å². The van der Waals surface area contributed by atoms with Crippen molar-refractivity contribution in [3.05, 3.63) is 69.3 Å². The van der Waals surface area contributed by atoms with Crippen LogP contribution in [0.1, 0.15) is 27.9 Å². The molecule has 1 aliphatic rings. The number of non-ortho nitro benzene ring substituents is 1. The molecule has 0 bridgehead atoms. The Hall–Kier alpha value is -3.55. The van der Waals surface area contributed by atoms with Crippen molar-refractivity contribution in [2.75, 3.05) is 18.1 Å². The van der Waals surface area contributed by atoms with Crippen LogP contribution < -0.4 is 4.90 Å². The average Bonchev–Trinajstić information content (AvgIpc) is 3.07. The van der Waals surface area contributed by atoms with E-state index in [1.54, 1.807) is 4.90 Å². The number of carbonyl (C=O) groups excluding carboxylic acids is 3. The maximum atomic E-state index is 12.4. The van der Waals surface area contributed by atoms with E-state index in [-0.39, 0.29) is 30.1 Å². The van der Waals surface area contributed by atoms with E-state index in [0.717, 1.165) is 22.9 Å². The Labute approximate surface area is 167 Å². The zero-order chi connectivity index (χ0) is 21.1. The monoisotopic (exact) mass is 396 g/mol. The van der Waals surface area contributed by atoms with E-state index in [4.69, 9.17) is 4.74 Å². The SMILES string of the molecule is Cc1cccc(C)c1N1C[C@H](C(=O)OCC(=O)c2cccc([N+](=O)[O-])c2)CC1=O. The summed E-state index contributed by atoms with van der Waals surface area (Å²) in [4.78, 5) is 48.8. The van der Waals surface area contributed by atoms with Crippen molar-refractivity contribution in [3.63, 3.8) is 0 Å². The molecule has 150 valence electrons. The van der Waals surface area contributed by atoms with Gasteiger partial charge in [0.05, 0.1) is 10.8 Å². The maximum absolute atomic E-state index is 12.4. The molecule has 1 amide bonds. The molecule has 0 saturated carbocycles. The molecule has 2 aromatic rings. The third kappa shape index (κ3) is 4.31. The standard InChI is InChI=1S/C21H20N2O6/c1-13-5-3-6-14(2)20(13)22-11-16(10-19(22)25)21(26)29-12-18(24)15-7-4-8-17(9-15)23(27)28/h3-9,16H,10-12H2,1-2H3/t16-/m1/s1. The summed E-state index contributed by atoms with van der Waals surface area (Å²) in [6.07, 6.45) is 0.0115. The van der Waals surface area contributed by atoms with Gasteiger partial charge >= 0.3 is 5.97 Å². The van der Waals surface area contributed by atoms with Crippen molar-refractivity contribution < 1.29 is 24.0 Å². The Balaban J connectivity index is 1.63. The largest absolute Gasteiger partial charge is 0.457 e. The van der Waals surface area contributed by atoms with Gasteiger partial charge < -0.3 is 9.64 Å². The number of hydrogen-bond acceptors (Lipinski definition) is 6. The summed E-state index contributed by atoms with van der Waals surface area (Å²) in [6, 6.07) is 10.9. The maximum Gasteiger partial charge on any atom is 0.311 e. The third-order valence-corrected chi connectivity index (χ3v) is 4.89. The van der Waals surface area contributed by atoms with Gasteiger partial charge in [-0.3, -0.25) is 24.5 Å². The zero-order valence-electron chi connectivity index (χ0n) is 16.1. The van der Waals surface area contributed by atoms with Gasteiger partial charge in [-0.25, -0.2) is 0 Å². The summed E-state index contributed by atoms with van der Waals surface area (Å²) in [5, 5.41) is 10.8. The number of nitro benzene ring substituents is 1. The number of carbonyl (C=O) groups is 3. The molecule has 0 radical (unpaired) electrons. The highest BCUT2D eigenvalue weighted by Crippen LogP contribution is 2.31. The first-order chi connectivity index (χ1) is 13.8. The van der Waals surface area contributed by atoms with Gasteiger partial charge in [0.1, 0.15) is 0 Å². The van der Waals surface area contributed by atoms with E-state index in [0.29, 0.717) is 0 Å². The fraction of sp³-hybridized carbons (Fsp3) is 0.286. The fourth-order valence-corrected chi connectivity index (χ4v) is 3.44. The molecule has 29 heavy (non-hydrogen) atoms. The summed E-state index contributed by atoms with van der Waals surface area (Å²) in [6.45, 7) is 3.46. The van der Waals surface area contributed by atoms with Gasteiger partial charge in [0.25, 0.3) is 5.69 Å². The van der Waals surface area contributed by atoms with Crippen LogP contribution in [-0.4, -0.2) is 35.7 Å². The van der Waals surface area contributed by atoms with Crippen molar-refractivity contribution >= 4 is 29.0 Å². The number of nitro groups is 1. The van der Waals surface area contributed by atoms with Crippen LogP contribution in [0.25, 0.3) is 0 Å². The number of aryl methyl sites for hydroxylation is 2. The molecule has 1 aliphatic heterocycles. The molecule has 2 aromatic carbocycles. The smallest absolute Gasteiger partial charge is 0.311 e. The van der Waals surface area contributed by atoms with Crippen LogP contribution >= 0.6 is 0 Å². The number of ether oxygens (including phenoxy) is 1. The van der Waals surface area contributed by atoms with Gasteiger partial charge in [-0.05, 0) is 25.0 Å². The fourth-order valence-electron chi connectivity index (χ4n) is 3.44. The van der Waals surface area contributed by atoms with Crippen LogP contribution in [0.15, 0.2) is 42.5 Å². The van der Waals surface area contributed by atoms with Gasteiger partial charge in [0, 0.05) is 36.3 Å². The second-order valence-corrected chi connectivity index (χ2v) is 6.98. The summed E-state index contributed by atoms with van der Waals surface area (Å²) < 4.78 is 5.10. The molecular formula is C21H20N2O6. The summed E-state index contributed by atoms with van der Waals surface area (Å²) in [5.41, 5.74) is 2.54. The predicted molar refractivity (Wildman–Crippen MR) is 105 cm³/mol. The predicted octanol–water partition coefficient (Wildman–Crippen LogP) is 2.99. The molecule has 1 atom stereocenters. The van der Waals surface area contributed by atoms with Crippen molar-refractivity contribution in [3.8, 4) is 0 Å². The van der Waals surface area contributed by atoms with E-state index >= 15 is 0 Å². The van der Waals surface area contributed by atoms with Crippen LogP contribution in [0.2, 0.25) is 0 Å². The van der Waals surface area contributed by atoms with Gasteiger partial charge in [-0.2, -0.15) is 0 Å². The molecule has 8 nitrogen and oxygen atoms in total. The zero-order valence-corrected chi connectivity index (χ0v) is 16.1. The third-order valence-electron chi connectivity index (χ3n) is 4.89. The number of hydrogen-bond donors (Lipinski definition) is 0. The molecule has 0 N–H and O–H groups in total. The summed E-state index contributed by atoms with van der Waals surface area (Å²) in [7, 11) is 0. The number of nitrogens with zero attached hydrogens (tertiary/aromatic N) is 2. The van der Waals surface area contributed by atoms with E-state index in [9.17, 15) is 24.5 Å². The highest BCUT2D eigenvalue weighted by atomic mass is 16.6. The lowest BCUT2D eigenvalue weighted by Gasteiger charge is -2.21. The minimum atomic E-state index is -0.667. The number of anilines is 1. The Kier molecular flexibility index (Phi) is 5.72. The molecule has 0 aliphatic carbocycles. The van der Waals surface area contributed by atoms with Crippen LogP contribution in [0, 0.1) is 29.9 Å². The Morgan fingerprint density at radius 1 is 1.17 bits per heavy atom. The highest BCUT2D eigenvalue weighted by Gasteiger charge is 2.37. The van der Waals surface area contributed by atoms with Crippen molar-refractivity contribution in [1.82, 2.24) is 0 Å². The van der Waals surface area contributed by atoms with E-state index in [1.807, 2.05) is 32.0 Å². The van der Waals surface area contributed by atoms with Crippen LogP contribution in [0.5, 0.6) is 0 Å². The Morgan fingerprint density at radius 3 is 2.48 bits per heavy atom. The first-order valence-corrected chi connectivity index (χ1v) is 9.09. The number of Topliss-reactive ketones (excluding diaryl/α,β-unsaturated/α-hetero) is 1. The van der Waals surface area contributed by atoms with Crippen molar-refractivity contribution in [2.45, 2.75) is 20.3 Å². The molecule has 1 fully saturated rings. The lowest BCUT2D eigenvalue weighted by molar-refractivity contribution is -0.384. The molecule has 3 rings (SSSR count). The lowest BCUT2D eigenvalue weighted by atomic mass is 10.1. The van der Waals surface area contributed by atoms with E-state index in [1.165, 1.54) is 18.2 Å². The van der Waals surface area contributed by atoms with Crippen LogP contribution in [-0.2, 0) is 14.3 Å². The minimum absolute atomic E-state index is 0.0115. The second kappa shape index (κ2) is 8.22. The van der Waals surface area contributed by atoms with Gasteiger partial charge in [-0.15, -0.1) is 0 Å². The quantitative estimate of drug-likeness (QED) is 0.322. The van der Waals surface area contributed by atoms with Gasteiger partial charge in [0.2, 0.25) is 11.7 Å². The molecule has 0 spiro atoms. The minimum Gasteiger partial charge on any atom is -0.457 e. The van der Waals surface area contributed by atoms with Crippen LogP contribution in [0.4, 0.5) is 11.4 Å². The van der Waals surface area contributed by atoms with Gasteiger partial charge in [-0.1, -0.05) is 30.3 Å². The first kappa shape index (κ1) is 20.2. The van der Waals surface area contributed by atoms with E-state index < -0.39 is 29.2 Å². The lowest BCUT2D eigenvalue weighted by Crippen LogP contribution is -2.28. The Morgan fingerprint density at radius 2 is 1.83 bits per heavy atom. The molecular weight excluding hydrogens is 376 g/mol. The van der Waals surface area contributed by atoms with Crippen molar-refractivity contribution in [1.29, 1.82) is 0 Å². The summed E-state index contributed by atoms with van der Waals surface area (Å²) in [5.74, 6) is -2.02. The second-order valence-electron chi connectivity index (χ2n) is 6.98. The highest BCUT2D eigenvalue weighted by molar-refractivity contribution is 6.01. The number of ketones is 1. The van der Waals surface area contributed by atoms with Gasteiger partial charge in [0.15, 0.2) is 6.61 Å². The van der Waals surface area contributed by atoms with E-state index in [2.05, 4.69) is 0 Å². The molecule has 0 aromatic heterocycles. The number of benzene rings is 2. The number of esters is 1. The molecule has 1 heterocycles. The molecule has 1 saturated heterocycles. The van der Waals surface area contributed by atoms with Crippen LogP contribution in [0.3, 0.4) is 0 Å². The summed E-state index contributed by atoms with van der Waals surface area (Å²) >= 11 is 0. The number of amides is 1. The number of rotatable bonds is 6.